The van der Waals surface area contributed by atoms with Crippen LogP contribution in [0.1, 0.15) is 35.1 Å². The number of hydrogen-bond acceptors (Lipinski definition) is 4. The Bertz CT molecular complexity index is 872. The van der Waals surface area contributed by atoms with E-state index in [4.69, 9.17) is 11.6 Å². The predicted molar refractivity (Wildman–Crippen MR) is 112 cm³/mol. The number of pyridine rings is 1. The highest BCUT2D eigenvalue weighted by Gasteiger charge is 2.25. The van der Waals surface area contributed by atoms with Crippen molar-refractivity contribution in [3.63, 3.8) is 0 Å². The molecule has 148 valence electrons. The zero-order chi connectivity index (χ0) is 20.3. The summed E-state index contributed by atoms with van der Waals surface area (Å²) in [5, 5.41) is 3.26. The molecule has 0 bridgehead atoms. The Morgan fingerprint density at radius 3 is 2.32 bits per heavy atom. The van der Waals surface area contributed by atoms with Crippen molar-refractivity contribution in [1.82, 2.24) is 9.88 Å². The van der Waals surface area contributed by atoms with E-state index < -0.39 is 0 Å². The van der Waals surface area contributed by atoms with E-state index in [1.165, 1.54) is 0 Å². The molecule has 2 aromatic rings. The lowest BCUT2D eigenvalue weighted by atomic mass is 10.1. The minimum atomic E-state index is -0.149. The number of anilines is 2. The van der Waals surface area contributed by atoms with E-state index in [0.717, 1.165) is 30.2 Å². The van der Waals surface area contributed by atoms with E-state index in [2.05, 4.69) is 27.3 Å². The van der Waals surface area contributed by atoms with Crippen LogP contribution in [0.3, 0.4) is 0 Å². The summed E-state index contributed by atoms with van der Waals surface area (Å²) in [6.45, 7) is 8.47. The number of rotatable bonds is 4. The number of carbonyl (C=O) groups excluding carboxylic acids is 2. The zero-order valence-electron chi connectivity index (χ0n) is 16.5. The molecule has 2 heterocycles. The lowest BCUT2D eigenvalue weighted by Crippen LogP contribution is -2.49. The molecule has 0 spiro atoms. The quantitative estimate of drug-likeness (QED) is 0.850. The highest BCUT2D eigenvalue weighted by atomic mass is 35.5. The summed E-state index contributed by atoms with van der Waals surface area (Å²) >= 11 is 6.06. The number of carbonyl (C=O) groups is 2. The number of nitrogens with one attached hydrogen (secondary N) is 1. The minimum absolute atomic E-state index is 0.0928. The molecule has 0 aliphatic carbocycles. The summed E-state index contributed by atoms with van der Waals surface area (Å²) in [4.78, 5) is 33.4. The molecule has 1 aliphatic rings. The van der Waals surface area contributed by atoms with Gasteiger partial charge in [0.05, 0.1) is 11.3 Å². The third kappa shape index (κ3) is 4.62. The topological polar surface area (TPSA) is 65.5 Å². The monoisotopic (exact) mass is 400 g/mol. The number of piperazine rings is 1. The molecular formula is C21H25ClN4O2. The van der Waals surface area contributed by atoms with Gasteiger partial charge in [-0.3, -0.25) is 14.6 Å². The van der Waals surface area contributed by atoms with Gasteiger partial charge in [0.25, 0.3) is 5.91 Å². The Kier molecular flexibility index (Phi) is 6.19. The summed E-state index contributed by atoms with van der Waals surface area (Å²) in [7, 11) is 0. The van der Waals surface area contributed by atoms with Gasteiger partial charge < -0.3 is 15.1 Å². The third-order valence-electron chi connectivity index (χ3n) is 4.81. The Morgan fingerprint density at radius 1 is 1.07 bits per heavy atom. The maximum absolute atomic E-state index is 13.1. The van der Waals surface area contributed by atoms with Crippen LogP contribution < -0.4 is 10.2 Å². The van der Waals surface area contributed by atoms with Crippen LogP contribution in [0.15, 0.2) is 30.3 Å². The first-order valence-corrected chi connectivity index (χ1v) is 9.84. The molecule has 1 aromatic heterocycles. The van der Waals surface area contributed by atoms with Crippen LogP contribution >= 0.6 is 11.6 Å². The second-order valence-electron chi connectivity index (χ2n) is 6.98. The van der Waals surface area contributed by atoms with Crippen LogP contribution in [-0.4, -0.2) is 47.9 Å². The third-order valence-corrected chi connectivity index (χ3v) is 5.04. The fourth-order valence-corrected chi connectivity index (χ4v) is 3.55. The van der Waals surface area contributed by atoms with E-state index in [9.17, 15) is 9.59 Å². The van der Waals surface area contributed by atoms with Gasteiger partial charge in [0.15, 0.2) is 0 Å². The van der Waals surface area contributed by atoms with Crippen molar-refractivity contribution in [3.05, 3.63) is 52.3 Å². The van der Waals surface area contributed by atoms with Crippen molar-refractivity contribution in [2.45, 2.75) is 27.2 Å². The molecule has 0 saturated carbocycles. The standard InChI is InChI=1S/C21H25ClN4O2/c1-4-20(27)24-19-13-16(22)5-6-18(19)21(28)26-9-7-25(8-10-26)17-11-14(2)23-15(3)12-17/h5-6,11-13H,4,7-10H2,1-3H3,(H,24,27). The molecule has 0 unspecified atom stereocenters. The molecule has 1 aliphatic heterocycles. The lowest BCUT2D eigenvalue weighted by molar-refractivity contribution is -0.115. The summed E-state index contributed by atoms with van der Waals surface area (Å²) in [5.74, 6) is -0.241. The molecule has 3 rings (SSSR count). The largest absolute Gasteiger partial charge is 0.368 e. The Hall–Kier alpha value is -2.60. The summed E-state index contributed by atoms with van der Waals surface area (Å²) in [5.41, 5.74) is 4.05. The SMILES string of the molecule is CCC(=O)Nc1cc(Cl)ccc1C(=O)N1CCN(c2cc(C)nc(C)c2)CC1. The van der Waals surface area contributed by atoms with Crippen molar-refractivity contribution in [2.75, 3.05) is 36.4 Å². The van der Waals surface area contributed by atoms with Crippen LogP contribution in [0.25, 0.3) is 0 Å². The minimum Gasteiger partial charge on any atom is -0.368 e. The van der Waals surface area contributed by atoms with Gasteiger partial charge >= 0.3 is 0 Å². The summed E-state index contributed by atoms with van der Waals surface area (Å²) in [6.07, 6.45) is 0.337. The number of aromatic nitrogens is 1. The van der Waals surface area contributed by atoms with Gasteiger partial charge in [0.2, 0.25) is 5.91 Å². The Morgan fingerprint density at radius 2 is 1.71 bits per heavy atom. The van der Waals surface area contributed by atoms with Crippen molar-refractivity contribution in [3.8, 4) is 0 Å². The number of amides is 2. The molecule has 1 fully saturated rings. The van der Waals surface area contributed by atoms with E-state index in [1.807, 2.05) is 18.7 Å². The number of benzene rings is 1. The fraction of sp³-hybridized carbons (Fsp3) is 0.381. The molecular weight excluding hydrogens is 376 g/mol. The molecule has 1 N–H and O–H groups in total. The van der Waals surface area contributed by atoms with Crippen molar-refractivity contribution in [1.29, 1.82) is 0 Å². The van der Waals surface area contributed by atoms with Crippen LogP contribution in [0.4, 0.5) is 11.4 Å². The second-order valence-corrected chi connectivity index (χ2v) is 7.42. The Balaban J connectivity index is 1.72. The van der Waals surface area contributed by atoms with Gasteiger partial charge in [-0.15, -0.1) is 0 Å². The first kappa shape index (κ1) is 20.1. The van der Waals surface area contributed by atoms with Crippen LogP contribution in [0.2, 0.25) is 5.02 Å². The van der Waals surface area contributed by atoms with Gasteiger partial charge in [-0.25, -0.2) is 0 Å². The summed E-state index contributed by atoms with van der Waals surface area (Å²) in [6, 6.07) is 9.12. The predicted octanol–water partition coefficient (Wildman–Crippen LogP) is 3.66. The van der Waals surface area contributed by atoms with Gasteiger partial charge in [-0.1, -0.05) is 18.5 Å². The summed E-state index contributed by atoms with van der Waals surface area (Å²) < 4.78 is 0. The number of aryl methyl sites for hydroxylation is 2. The van der Waals surface area contributed by atoms with E-state index >= 15 is 0 Å². The van der Waals surface area contributed by atoms with Crippen molar-refractivity contribution < 1.29 is 9.59 Å². The van der Waals surface area contributed by atoms with Gasteiger partial charge in [-0.2, -0.15) is 0 Å². The number of hydrogen-bond donors (Lipinski definition) is 1. The van der Waals surface area contributed by atoms with Gasteiger partial charge in [-0.05, 0) is 44.2 Å². The van der Waals surface area contributed by atoms with E-state index in [0.29, 0.717) is 35.8 Å². The highest BCUT2D eigenvalue weighted by Crippen LogP contribution is 2.24. The van der Waals surface area contributed by atoms with E-state index in [-0.39, 0.29) is 11.8 Å². The molecule has 1 saturated heterocycles. The fourth-order valence-electron chi connectivity index (χ4n) is 3.38. The maximum atomic E-state index is 13.1. The molecule has 7 heteroatoms. The average molecular weight is 401 g/mol. The molecule has 28 heavy (non-hydrogen) atoms. The molecule has 0 atom stereocenters. The van der Waals surface area contributed by atoms with Crippen molar-refractivity contribution >= 4 is 34.8 Å². The van der Waals surface area contributed by atoms with Crippen LogP contribution in [0.5, 0.6) is 0 Å². The molecule has 0 radical (unpaired) electrons. The number of nitrogens with zero attached hydrogens (tertiary/aromatic N) is 3. The molecule has 1 aromatic carbocycles. The Labute approximate surface area is 170 Å². The normalized spacial score (nSPS) is 14.1. The molecule has 6 nitrogen and oxygen atoms in total. The lowest BCUT2D eigenvalue weighted by Gasteiger charge is -2.36. The average Bonchev–Trinajstić information content (AvgIpc) is 2.67. The number of halogens is 1. The smallest absolute Gasteiger partial charge is 0.256 e. The molecule has 2 amide bonds. The van der Waals surface area contributed by atoms with Crippen LogP contribution in [0, 0.1) is 13.8 Å². The van der Waals surface area contributed by atoms with Gasteiger partial charge in [0.1, 0.15) is 0 Å². The first-order valence-electron chi connectivity index (χ1n) is 9.46. The zero-order valence-corrected chi connectivity index (χ0v) is 17.2. The van der Waals surface area contributed by atoms with Gasteiger partial charge in [0, 0.05) is 54.7 Å². The second kappa shape index (κ2) is 8.61. The maximum Gasteiger partial charge on any atom is 0.256 e. The highest BCUT2D eigenvalue weighted by molar-refractivity contribution is 6.31. The van der Waals surface area contributed by atoms with Crippen molar-refractivity contribution in [2.24, 2.45) is 0 Å². The first-order chi connectivity index (χ1) is 13.4. The van der Waals surface area contributed by atoms with Crippen LogP contribution in [-0.2, 0) is 4.79 Å². The van der Waals surface area contributed by atoms with E-state index in [1.54, 1.807) is 25.1 Å².